The van der Waals surface area contributed by atoms with Crippen molar-refractivity contribution in [2.45, 2.75) is 0 Å². The van der Waals surface area contributed by atoms with Crippen LogP contribution >= 0.6 is 0 Å². The molecule has 3 aromatic carbocycles. The Kier molecular flexibility index (Phi) is 2.61. The summed E-state index contributed by atoms with van der Waals surface area (Å²) in [6.07, 6.45) is 0. The number of nitrogen functional groups attached to an aromatic ring is 1. The Bertz CT molecular complexity index is 691. The summed E-state index contributed by atoms with van der Waals surface area (Å²) in [7, 11) is 0. The fraction of sp³-hybridized carbons (Fsp3) is 0. The van der Waals surface area contributed by atoms with Gasteiger partial charge in [-0.3, -0.25) is 0 Å². The van der Waals surface area contributed by atoms with E-state index in [0.717, 1.165) is 11.5 Å². The molecule has 2 nitrogen and oxygen atoms in total. The molecule has 3 rings (SSSR count). The van der Waals surface area contributed by atoms with Crippen molar-refractivity contribution in [1.82, 2.24) is 0 Å². The smallest absolute Gasteiger partial charge is 0.129 e. The third-order valence-corrected chi connectivity index (χ3v) is 2.81. The van der Waals surface area contributed by atoms with Crippen LogP contribution in [0.1, 0.15) is 0 Å². The van der Waals surface area contributed by atoms with E-state index in [1.54, 1.807) is 0 Å². The van der Waals surface area contributed by atoms with Crippen LogP contribution in [0.5, 0.6) is 11.5 Å². The van der Waals surface area contributed by atoms with Gasteiger partial charge in [0.05, 0.1) is 0 Å². The van der Waals surface area contributed by atoms with Crippen LogP contribution in [0.2, 0.25) is 0 Å². The molecule has 0 aromatic heterocycles. The zero-order valence-corrected chi connectivity index (χ0v) is 9.84. The van der Waals surface area contributed by atoms with Gasteiger partial charge in [-0.2, -0.15) is 0 Å². The number of ether oxygens (including phenoxy) is 1. The van der Waals surface area contributed by atoms with Gasteiger partial charge in [-0.05, 0) is 35.0 Å². The van der Waals surface area contributed by atoms with Crippen LogP contribution in [0, 0.1) is 0 Å². The first-order valence-corrected chi connectivity index (χ1v) is 5.83. The van der Waals surface area contributed by atoms with Gasteiger partial charge in [0, 0.05) is 11.8 Å². The molecule has 0 fully saturated rings. The van der Waals surface area contributed by atoms with E-state index in [9.17, 15) is 0 Å². The van der Waals surface area contributed by atoms with Crippen molar-refractivity contribution in [2.24, 2.45) is 0 Å². The minimum Gasteiger partial charge on any atom is -0.457 e. The summed E-state index contributed by atoms with van der Waals surface area (Å²) < 4.78 is 5.79. The van der Waals surface area contributed by atoms with Crippen molar-refractivity contribution in [3.8, 4) is 11.5 Å². The number of anilines is 1. The molecule has 0 amide bonds. The average Bonchev–Trinajstić information content (AvgIpc) is 2.39. The summed E-state index contributed by atoms with van der Waals surface area (Å²) in [6.45, 7) is 0. The van der Waals surface area contributed by atoms with Crippen LogP contribution in [-0.4, -0.2) is 0 Å². The largest absolute Gasteiger partial charge is 0.457 e. The minimum atomic E-state index is 0.702. The summed E-state index contributed by atoms with van der Waals surface area (Å²) >= 11 is 0. The molecular formula is C16H13NO. The van der Waals surface area contributed by atoms with Crippen LogP contribution < -0.4 is 10.5 Å². The third kappa shape index (κ3) is 2.13. The first-order chi connectivity index (χ1) is 8.81. The van der Waals surface area contributed by atoms with Crippen LogP contribution in [0.25, 0.3) is 10.8 Å². The molecular weight excluding hydrogens is 222 g/mol. The molecule has 2 N–H and O–H groups in total. The van der Waals surface area contributed by atoms with E-state index in [0.29, 0.717) is 5.69 Å². The second-order valence-corrected chi connectivity index (χ2v) is 4.18. The summed E-state index contributed by atoms with van der Waals surface area (Å²) in [5.74, 6) is 1.57. The monoisotopic (exact) mass is 235 g/mol. The first kappa shape index (κ1) is 10.7. The predicted molar refractivity (Wildman–Crippen MR) is 74.9 cm³/mol. The lowest BCUT2D eigenvalue weighted by Crippen LogP contribution is -1.87. The van der Waals surface area contributed by atoms with Gasteiger partial charge in [0.1, 0.15) is 11.5 Å². The van der Waals surface area contributed by atoms with Crippen LogP contribution in [-0.2, 0) is 0 Å². The average molecular weight is 235 g/mol. The van der Waals surface area contributed by atoms with E-state index < -0.39 is 0 Å². The van der Waals surface area contributed by atoms with Crippen molar-refractivity contribution < 1.29 is 4.74 Å². The Morgan fingerprint density at radius 2 is 1.44 bits per heavy atom. The van der Waals surface area contributed by atoms with E-state index in [2.05, 4.69) is 18.2 Å². The number of hydrogen-bond acceptors (Lipinski definition) is 2. The summed E-state index contributed by atoms with van der Waals surface area (Å²) in [5.41, 5.74) is 6.42. The Hall–Kier alpha value is -2.48. The molecule has 0 atom stereocenters. The molecule has 0 spiro atoms. The standard InChI is InChI=1S/C16H13NO/c17-14-6-3-7-15(11-14)18-16-9-8-12-4-1-2-5-13(12)10-16/h1-11H,17H2. The molecule has 0 aliphatic rings. The lowest BCUT2D eigenvalue weighted by molar-refractivity contribution is 0.484. The van der Waals surface area contributed by atoms with Gasteiger partial charge in [-0.25, -0.2) is 0 Å². The number of benzene rings is 3. The van der Waals surface area contributed by atoms with Gasteiger partial charge in [-0.1, -0.05) is 36.4 Å². The Morgan fingerprint density at radius 1 is 0.667 bits per heavy atom. The second kappa shape index (κ2) is 4.41. The molecule has 0 saturated heterocycles. The molecule has 0 heterocycles. The van der Waals surface area contributed by atoms with Crippen molar-refractivity contribution in [2.75, 3.05) is 5.73 Å². The molecule has 0 saturated carbocycles. The topological polar surface area (TPSA) is 35.2 Å². The van der Waals surface area contributed by atoms with Gasteiger partial charge in [0.15, 0.2) is 0 Å². The highest BCUT2D eigenvalue weighted by molar-refractivity contribution is 5.83. The van der Waals surface area contributed by atoms with Crippen molar-refractivity contribution in [1.29, 1.82) is 0 Å². The maximum absolute atomic E-state index is 5.79. The molecule has 0 unspecified atom stereocenters. The minimum absolute atomic E-state index is 0.702. The maximum atomic E-state index is 5.79. The van der Waals surface area contributed by atoms with Crippen molar-refractivity contribution >= 4 is 16.5 Å². The number of hydrogen-bond donors (Lipinski definition) is 1. The van der Waals surface area contributed by atoms with Gasteiger partial charge < -0.3 is 10.5 Å². The SMILES string of the molecule is Nc1cccc(Oc2ccc3ccccc3c2)c1. The Morgan fingerprint density at radius 3 is 2.28 bits per heavy atom. The molecule has 0 aliphatic heterocycles. The van der Waals surface area contributed by atoms with E-state index in [1.165, 1.54) is 10.8 Å². The van der Waals surface area contributed by atoms with Gasteiger partial charge in [-0.15, -0.1) is 0 Å². The van der Waals surface area contributed by atoms with Crippen LogP contribution in [0.4, 0.5) is 5.69 Å². The van der Waals surface area contributed by atoms with Gasteiger partial charge >= 0.3 is 0 Å². The summed E-state index contributed by atoms with van der Waals surface area (Å²) in [6, 6.07) is 21.7. The Balaban J connectivity index is 1.95. The van der Waals surface area contributed by atoms with E-state index in [1.807, 2.05) is 48.5 Å². The molecule has 0 radical (unpaired) electrons. The quantitative estimate of drug-likeness (QED) is 0.675. The van der Waals surface area contributed by atoms with Gasteiger partial charge in [0.25, 0.3) is 0 Å². The maximum Gasteiger partial charge on any atom is 0.129 e. The molecule has 3 aromatic rings. The van der Waals surface area contributed by atoms with Crippen LogP contribution in [0.3, 0.4) is 0 Å². The number of rotatable bonds is 2. The zero-order chi connectivity index (χ0) is 12.4. The van der Waals surface area contributed by atoms with E-state index >= 15 is 0 Å². The van der Waals surface area contributed by atoms with E-state index in [-0.39, 0.29) is 0 Å². The second-order valence-electron chi connectivity index (χ2n) is 4.18. The van der Waals surface area contributed by atoms with Crippen molar-refractivity contribution in [3.63, 3.8) is 0 Å². The normalized spacial score (nSPS) is 10.4. The first-order valence-electron chi connectivity index (χ1n) is 5.83. The highest BCUT2D eigenvalue weighted by Gasteiger charge is 1.99. The number of nitrogens with two attached hydrogens (primary N) is 1. The lowest BCUT2D eigenvalue weighted by atomic mass is 10.1. The predicted octanol–water partition coefficient (Wildman–Crippen LogP) is 4.21. The third-order valence-electron chi connectivity index (χ3n) is 2.81. The fourth-order valence-electron chi connectivity index (χ4n) is 1.95. The zero-order valence-electron chi connectivity index (χ0n) is 9.84. The van der Waals surface area contributed by atoms with Crippen LogP contribution in [0.15, 0.2) is 66.7 Å². The summed E-state index contributed by atoms with van der Waals surface area (Å²) in [5, 5.41) is 2.37. The fourth-order valence-corrected chi connectivity index (χ4v) is 1.95. The highest BCUT2D eigenvalue weighted by Crippen LogP contribution is 2.26. The van der Waals surface area contributed by atoms with E-state index in [4.69, 9.17) is 10.5 Å². The lowest BCUT2D eigenvalue weighted by Gasteiger charge is -2.07. The summed E-state index contributed by atoms with van der Waals surface area (Å²) in [4.78, 5) is 0. The van der Waals surface area contributed by atoms with Gasteiger partial charge in [0.2, 0.25) is 0 Å². The molecule has 18 heavy (non-hydrogen) atoms. The molecule has 2 heteroatoms. The molecule has 0 bridgehead atoms. The number of fused-ring (bicyclic) bond motifs is 1. The molecule has 88 valence electrons. The highest BCUT2D eigenvalue weighted by atomic mass is 16.5. The van der Waals surface area contributed by atoms with Crippen molar-refractivity contribution in [3.05, 3.63) is 66.7 Å². The molecule has 0 aliphatic carbocycles. The Labute approximate surface area is 106 Å².